The number of anilines is 1. The quantitative estimate of drug-likeness (QED) is 0.847. The lowest BCUT2D eigenvalue weighted by Crippen LogP contribution is -2.47. The van der Waals surface area contributed by atoms with Gasteiger partial charge >= 0.3 is 0 Å². The Morgan fingerprint density at radius 3 is 2.76 bits per heavy atom. The summed E-state index contributed by atoms with van der Waals surface area (Å²) in [6.45, 7) is 6.55. The van der Waals surface area contributed by atoms with Crippen molar-refractivity contribution in [2.24, 2.45) is 0 Å². The van der Waals surface area contributed by atoms with Crippen LogP contribution in [0.3, 0.4) is 0 Å². The van der Waals surface area contributed by atoms with Crippen LogP contribution in [0, 0.1) is 0 Å². The summed E-state index contributed by atoms with van der Waals surface area (Å²) in [5.74, 6) is 0.263. The highest BCUT2D eigenvalue weighted by molar-refractivity contribution is 6.03. The summed E-state index contributed by atoms with van der Waals surface area (Å²) in [6, 6.07) is 7.50. The van der Waals surface area contributed by atoms with Crippen LogP contribution in [-0.2, 0) is 11.3 Å². The van der Waals surface area contributed by atoms with Gasteiger partial charge in [0.05, 0.1) is 12.6 Å². The third kappa shape index (κ3) is 4.21. The highest BCUT2D eigenvalue weighted by atomic mass is 16.2. The van der Waals surface area contributed by atoms with E-state index < -0.39 is 0 Å². The lowest BCUT2D eigenvalue weighted by molar-refractivity contribution is -0.124. The minimum atomic E-state index is -0.223. The van der Waals surface area contributed by atoms with E-state index in [4.69, 9.17) is 0 Å². The fraction of sp³-hybridized carbons (Fsp3) is 0.412. The summed E-state index contributed by atoms with van der Waals surface area (Å²) < 4.78 is 1.66. The lowest BCUT2D eigenvalue weighted by Gasteiger charge is -2.26. The van der Waals surface area contributed by atoms with Gasteiger partial charge < -0.3 is 5.32 Å². The maximum atomic E-state index is 12.4. The number of hydrogen-bond acceptors (Lipinski definition) is 5. The monoisotopic (exact) mass is 342 g/mol. The molecule has 1 saturated heterocycles. The van der Waals surface area contributed by atoms with Gasteiger partial charge in [0.2, 0.25) is 11.9 Å². The van der Waals surface area contributed by atoms with E-state index in [1.165, 1.54) is 6.33 Å². The van der Waals surface area contributed by atoms with E-state index in [0.717, 1.165) is 12.1 Å². The summed E-state index contributed by atoms with van der Waals surface area (Å²) >= 11 is 0. The number of piperazine rings is 1. The molecule has 2 N–H and O–H groups in total. The Morgan fingerprint density at radius 1 is 1.32 bits per heavy atom. The largest absolute Gasteiger partial charge is 0.354 e. The maximum absolute atomic E-state index is 12.4. The van der Waals surface area contributed by atoms with Crippen molar-refractivity contribution in [2.45, 2.75) is 26.4 Å². The molecule has 25 heavy (non-hydrogen) atoms. The van der Waals surface area contributed by atoms with Crippen molar-refractivity contribution in [3.05, 3.63) is 41.7 Å². The maximum Gasteiger partial charge on any atom is 0.258 e. The first-order valence-corrected chi connectivity index (χ1v) is 8.32. The average molecular weight is 342 g/mol. The van der Waals surface area contributed by atoms with Crippen LogP contribution in [0.15, 0.2) is 30.6 Å². The van der Waals surface area contributed by atoms with Crippen molar-refractivity contribution in [3.8, 4) is 0 Å². The number of nitrogens with one attached hydrogen (secondary N) is 2. The number of carbonyl (C=O) groups is 2. The first kappa shape index (κ1) is 17.1. The first-order valence-electron chi connectivity index (χ1n) is 8.32. The second-order valence-corrected chi connectivity index (χ2v) is 6.33. The number of hydrogen-bond donors (Lipinski definition) is 2. The van der Waals surface area contributed by atoms with Gasteiger partial charge in [0.25, 0.3) is 5.91 Å². The van der Waals surface area contributed by atoms with E-state index in [0.29, 0.717) is 31.1 Å². The van der Waals surface area contributed by atoms with Gasteiger partial charge in [-0.25, -0.2) is 4.68 Å². The highest BCUT2D eigenvalue weighted by Crippen LogP contribution is 2.13. The zero-order valence-corrected chi connectivity index (χ0v) is 14.4. The Hall–Kier alpha value is -2.74. The number of nitrogens with zero attached hydrogens (tertiary/aromatic N) is 4. The Labute approximate surface area is 146 Å². The van der Waals surface area contributed by atoms with Crippen LogP contribution in [0.5, 0.6) is 0 Å². The third-order valence-electron chi connectivity index (χ3n) is 4.03. The zero-order valence-electron chi connectivity index (χ0n) is 14.4. The third-order valence-corrected chi connectivity index (χ3v) is 4.03. The SMILES string of the molecule is CC(C)n1ncnc1NC(=O)c1ccc(CN2CCNC(=O)C2)cc1. The molecule has 0 bridgehead atoms. The summed E-state index contributed by atoms with van der Waals surface area (Å²) in [7, 11) is 0. The minimum Gasteiger partial charge on any atom is -0.354 e. The number of carbonyl (C=O) groups excluding carboxylic acids is 2. The van der Waals surface area contributed by atoms with Crippen molar-refractivity contribution in [1.82, 2.24) is 25.0 Å². The second kappa shape index (κ2) is 7.43. The van der Waals surface area contributed by atoms with Gasteiger partial charge in [-0.2, -0.15) is 10.1 Å². The Balaban J connectivity index is 1.62. The first-order chi connectivity index (χ1) is 12.0. The molecule has 1 fully saturated rings. The summed E-state index contributed by atoms with van der Waals surface area (Å²) in [4.78, 5) is 30.0. The zero-order chi connectivity index (χ0) is 17.8. The van der Waals surface area contributed by atoms with Gasteiger partial charge in [-0.05, 0) is 31.5 Å². The van der Waals surface area contributed by atoms with Gasteiger partial charge in [-0.3, -0.25) is 19.8 Å². The molecule has 0 aliphatic carbocycles. The molecule has 0 atom stereocenters. The normalized spacial score (nSPS) is 15.2. The van der Waals surface area contributed by atoms with E-state index in [1.54, 1.807) is 16.8 Å². The van der Waals surface area contributed by atoms with Gasteiger partial charge in [0.1, 0.15) is 6.33 Å². The Kier molecular flexibility index (Phi) is 5.08. The number of amides is 2. The average Bonchev–Trinajstić information content (AvgIpc) is 3.04. The van der Waals surface area contributed by atoms with Gasteiger partial charge in [-0.15, -0.1) is 0 Å². The van der Waals surface area contributed by atoms with Crippen LogP contribution in [0.4, 0.5) is 5.95 Å². The fourth-order valence-corrected chi connectivity index (χ4v) is 2.74. The predicted molar refractivity (Wildman–Crippen MR) is 93.1 cm³/mol. The van der Waals surface area contributed by atoms with Crippen LogP contribution >= 0.6 is 0 Å². The van der Waals surface area contributed by atoms with E-state index in [2.05, 4.69) is 25.6 Å². The van der Waals surface area contributed by atoms with Crippen LogP contribution in [0.2, 0.25) is 0 Å². The van der Waals surface area contributed by atoms with Crippen molar-refractivity contribution in [1.29, 1.82) is 0 Å². The molecule has 0 radical (unpaired) electrons. The molecular weight excluding hydrogens is 320 g/mol. The van der Waals surface area contributed by atoms with Crippen LogP contribution in [-0.4, -0.2) is 51.1 Å². The van der Waals surface area contributed by atoms with Crippen molar-refractivity contribution in [2.75, 3.05) is 25.0 Å². The molecule has 1 aliphatic rings. The predicted octanol–water partition coefficient (Wildman–Crippen LogP) is 1.04. The Bertz CT molecular complexity index is 753. The smallest absolute Gasteiger partial charge is 0.258 e. The van der Waals surface area contributed by atoms with Crippen molar-refractivity contribution >= 4 is 17.8 Å². The molecule has 0 saturated carbocycles. The topological polar surface area (TPSA) is 92.2 Å². The second-order valence-electron chi connectivity index (χ2n) is 6.33. The molecule has 1 aliphatic heterocycles. The molecule has 2 heterocycles. The minimum absolute atomic E-state index is 0.0523. The van der Waals surface area contributed by atoms with Gasteiger partial charge in [0, 0.05) is 25.2 Å². The molecular formula is C17H22N6O2. The molecule has 1 aromatic heterocycles. The van der Waals surface area contributed by atoms with Crippen molar-refractivity contribution < 1.29 is 9.59 Å². The molecule has 2 aromatic rings. The molecule has 0 spiro atoms. The van der Waals surface area contributed by atoms with E-state index in [-0.39, 0.29) is 17.9 Å². The summed E-state index contributed by atoms with van der Waals surface area (Å²) in [5, 5.41) is 9.69. The highest BCUT2D eigenvalue weighted by Gasteiger charge is 2.16. The molecule has 8 heteroatoms. The molecule has 0 unspecified atom stereocenters. The molecule has 132 valence electrons. The van der Waals surface area contributed by atoms with Gasteiger partial charge in [-0.1, -0.05) is 12.1 Å². The van der Waals surface area contributed by atoms with E-state index in [1.807, 2.05) is 26.0 Å². The van der Waals surface area contributed by atoms with Gasteiger partial charge in [0.15, 0.2) is 0 Å². The lowest BCUT2D eigenvalue weighted by atomic mass is 10.1. The number of aromatic nitrogens is 3. The molecule has 8 nitrogen and oxygen atoms in total. The number of rotatable bonds is 5. The van der Waals surface area contributed by atoms with E-state index in [9.17, 15) is 9.59 Å². The van der Waals surface area contributed by atoms with E-state index >= 15 is 0 Å². The fourth-order valence-electron chi connectivity index (χ4n) is 2.74. The number of benzene rings is 1. The Morgan fingerprint density at radius 2 is 2.08 bits per heavy atom. The summed E-state index contributed by atoms with van der Waals surface area (Å²) in [5.41, 5.74) is 1.62. The molecule has 3 rings (SSSR count). The van der Waals surface area contributed by atoms with Crippen molar-refractivity contribution in [3.63, 3.8) is 0 Å². The van der Waals surface area contributed by atoms with Crippen LogP contribution in [0.25, 0.3) is 0 Å². The summed E-state index contributed by atoms with van der Waals surface area (Å²) in [6.07, 6.45) is 1.42. The van der Waals surface area contributed by atoms with Crippen LogP contribution < -0.4 is 10.6 Å². The molecule has 1 aromatic carbocycles. The molecule has 2 amide bonds. The standard InChI is InChI=1S/C17H22N6O2/c1-12(2)23-17(19-11-20-23)21-16(25)14-5-3-13(4-6-14)9-22-8-7-18-15(24)10-22/h3-6,11-12H,7-10H2,1-2H3,(H,18,24)(H,19,20,21,25). The van der Waals surface area contributed by atoms with Crippen LogP contribution in [0.1, 0.15) is 35.8 Å².